The molecule has 0 unspecified atom stereocenters. The van der Waals surface area contributed by atoms with Crippen molar-refractivity contribution in [3.63, 3.8) is 0 Å². The molecule has 0 atom stereocenters. The van der Waals surface area contributed by atoms with Gasteiger partial charge in [0.2, 0.25) is 5.88 Å². The van der Waals surface area contributed by atoms with Gasteiger partial charge in [-0.2, -0.15) is 13.2 Å². The number of hydrogen-bond acceptors (Lipinski definition) is 6. The number of rotatable bonds is 7. The molecule has 0 radical (unpaired) electrons. The molecule has 0 saturated carbocycles. The number of aromatic nitrogens is 3. The number of anilines is 2. The number of piperidine rings is 1. The highest BCUT2D eigenvalue weighted by atomic mass is 19.4. The van der Waals surface area contributed by atoms with Gasteiger partial charge >= 0.3 is 12.2 Å². The molecule has 8 nitrogen and oxygen atoms in total. The second kappa shape index (κ2) is 12.8. The Morgan fingerprint density at radius 1 is 1.00 bits per heavy atom. The summed E-state index contributed by atoms with van der Waals surface area (Å²) < 4.78 is 47.2. The number of amides is 2. The van der Waals surface area contributed by atoms with Crippen LogP contribution in [0.3, 0.4) is 0 Å². The fraction of sp³-hybridized carbons (Fsp3) is 0.312. The summed E-state index contributed by atoms with van der Waals surface area (Å²) in [7, 11) is 2.00. The van der Waals surface area contributed by atoms with E-state index in [1.54, 1.807) is 48.8 Å². The lowest BCUT2D eigenvalue weighted by Gasteiger charge is -2.29. The van der Waals surface area contributed by atoms with Crippen molar-refractivity contribution < 1.29 is 22.7 Å². The summed E-state index contributed by atoms with van der Waals surface area (Å²) in [5.74, 6) is 1.60. The lowest BCUT2D eigenvalue weighted by Crippen LogP contribution is -2.29. The molecule has 4 aromatic rings. The quantitative estimate of drug-likeness (QED) is 0.229. The van der Waals surface area contributed by atoms with Crippen LogP contribution in [0.5, 0.6) is 11.6 Å². The first kappa shape index (κ1) is 30.0. The van der Waals surface area contributed by atoms with Gasteiger partial charge in [-0.05, 0) is 112 Å². The van der Waals surface area contributed by atoms with Gasteiger partial charge in [0.15, 0.2) is 0 Å². The number of pyridine rings is 1. The van der Waals surface area contributed by atoms with Gasteiger partial charge in [-0.15, -0.1) is 0 Å². The molecule has 5 rings (SSSR count). The van der Waals surface area contributed by atoms with Crippen LogP contribution in [0, 0.1) is 6.92 Å². The highest BCUT2D eigenvalue weighted by Crippen LogP contribution is 2.37. The first-order valence-electron chi connectivity index (χ1n) is 14.1. The molecule has 0 bridgehead atoms. The Bertz CT molecular complexity index is 1600. The van der Waals surface area contributed by atoms with Gasteiger partial charge in [0.1, 0.15) is 11.6 Å². The molecule has 43 heavy (non-hydrogen) atoms. The number of likely N-dealkylation sites (tertiary alicyclic amines) is 1. The molecule has 11 heteroatoms. The van der Waals surface area contributed by atoms with Crippen LogP contribution >= 0.6 is 0 Å². The molecule has 1 fully saturated rings. The van der Waals surface area contributed by atoms with E-state index in [9.17, 15) is 18.0 Å². The first-order valence-corrected chi connectivity index (χ1v) is 14.1. The van der Waals surface area contributed by atoms with Crippen molar-refractivity contribution in [1.29, 1.82) is 0 Å². The monoisotopic (exact) mass is 590 g/mol. The summed E-state index contributed by atoms with van der Waals surface area (Å²) in [4.78, 5) is 28.2. The van der Waals surface area contributed by atoms with Gasteiger partial charge in [-0.3, -0.25) is 0 Å². The van der Waals surface area contributed by atoms with Crippen LogP contribution in [0.2, 0.25) is 0 Å². The van der Waals surface area contributed by atoms with Crippen LogP contribution in [0.1, 0.15) is 48.2 Å². The molecule has 2 aromatic heterocycles. The third-order valence-corrected chi connectivity index (χ3v) is 7.44. The van der Waals surface area contributed by atoms with Crippen LogP contribution in [0.15, 0.2) is 67.0 Å². The number of halogens is 3. The second-order valence-electron chi connectivity index (χ2n) is 10.6. The van der Waals surface area contributed by atoms with Crippen LogP contribution in [0.25, 0.3) is 11.3 Å². The van der Waals surface area contributed by atoms with Crippen molar-refractivity contribution in [3.05, 3.63) is 89.5 Å². The maximum absolute atomic E-state index is 13.7. The molecule has 0 aliphatic carbocycles. The Hall–Kier alpha value is -4.51. The van der Waals surface area contributed by atoms with E-state index in [0.29, 0.717) is 46.4 Å². The zero-order valence-electron chi connectivity index (χ0n) is 24.2. The standard InChI is InChI=1S/C32H33F3N6O2/c1-4-29-36-13-9-27(40-29)26-6-5-12-37-30(26)43-28-8-7-24(16-20(28)2)38-31(42)39-25-18-22(17-23(19-25)32(33,34)35)21-10-14-41(3)15-11-21/h5-9,12-13,16-19,21H,4,10-11,14-15H2,1-3H3,(H2,38,39,42). The highest BCUT2D eigenvalue weighted by molar-refractivity contribution is 6.00. The van der Waals surface area contributed by atoms with E-state index in [4.69, 9.17) is 4.74 Å². The SMILES string of the molecule is CCc1nccc(-c2cccnc2Oc2ccc(NC(=O)Nc3cc(C4CCN(C)CC4)cc(C(F)(F)F)c3)cc2C)n1. The Morgan fingerprint density at radius 3 is 2.49 bits per heavy atom. The molecule has 2 aromatic carbocycles. The van der Waals surface area contributed by atoms with E-state index in [2.05, 4.69) is 30.5 Å². The van der Waals surface area contributed by atoms with Gasteiger partial charge in [0.25, 0.3) is 0 Å². The fourth-order valence-electron chi connectivity index (χ4n) is 5.09. The van der Waals surface area contributed by atoms with Gasteiger partial charge in [0, 0.05) is 30.2 Å². The smallest absolute Gasteiger partial charge is 0.416 e. The minimum atomic E-state index is -4.53. The molecule has 224 valence electrons. The largest absolute Gasteiger partial charge is 0.438 e. The number of carbonyl (C=O) groups is 1. The minimum absolute atomic E-state index is 0.0000371. The molecular formula is C32H33F3N6O2. The van der Waals surface area contributed by atoms with E-state index < -0.39 is 17.8 Å². The van der Waals surface area contributed by atoms with Crippen molar-refractivity contribution in [2.45, 2.75) is 45.2 Å². The van der Waals surface area contributed by atoms with E-state index >= 15 is 0 Å². The molecule has 1 aliphatic heterocycles. The molecular weight excluding hydrogens is 557 g/mol. The van der Waals surface area contributed by atoms with E-state index in [0.717, 1.165) is 37.6 Å². The lowest BCUT2D eigenvalue weighted by molar-refractivity contribution is -0.137. The predicted molar refractivity (Wildman–Crippen MR) is 159 cm³/mol. The van der Waals surface area contributed by atoms with Crippen molar-refractivity contribution in [3.8, 4) is 22.9 Å². The number of aryl methyl sites for hydroxylation is 2. The summed E-state index contributed by atoms with van der Waals surface area (Å²) in [6.07, 6.45) is 1.01. The summed E-state index contributed by atoms with van der Waals surface area (Å²) in [6.45, 7) is 5.42. The Kier molecular flexibility index (Phi) is 8.91. The van der Waals surface area contributed by atoms with Gasteiger partial charge in [-0.25, -0.2) is 19.7 Å². The van der Waals surface area contributed by atoms with Crippen LogP contribution in [-0.4, -0.2) is 46.0 Å². The molecule has 1 saturated heterocycles. The van der Waals surface area contributed by atoms with Crippen molar-refractivity contribution in [1.82, 2.24) is 19.9 Å². The van der Waals surface area contributed by atoms with Gasteiger partial charge in [-0.1, -0.05) is 6.92 Å². The van der Waals surface area contributed by atoms with Crippen LogP contribution in [-0.2, 0) is 12.6 Å². The normalized spacial score (nSPS) is 14.4. The average molecular weight is 591 g/mol. The number of carbonyl (C=O) groups excluding carboxylic acids is 1. The number of nitrogens with zero attached hydrogens (tertiary/aromatic N) is 4. The maximum atomic E-state index is 13.7. The third-order valence-electron chi connectivity index (χ3n) is 7.44. The van der Waals surface area contributed by atoms with Gasteiger partial charge in [0.05, 0.1) is 16.8 Å². The lowest BCUT2D eigenvalue weighted by atomic mass is 9.88. The highest BCUT2D eigenvalue weighted by Gasteiger charge is 2.32. The summed E-state index contributed by atoms with van der Waals surface area (Å²) >= 11 is 0. The molecule has 2 amide bonds. The van der Waals surface area contributed by atoms with E-state index in [1.165, 1.54) is 6.07 Å². The zero-order chi connectivity index (χ0) is 30.6. The Balaban J connectivity index is 1.30. The maximum Gasteiger partial charge on any atom is 0.416 e. The molecule has 1 aliphatic rings. The number of nitrogens with one attached hydrogen (secondary N) is 2. The third kappa shape index (κ3) is 7.47. The summed E-state index contributed by atoms with van der Waals surface area (Å²) in [6, 6.07) is 13.7. The van der Waals surface area contributed by atoms with E-state index in [-0.39, 0.29) is 11.6 Å². The number of hydrogen-bond donors (Lipinski definition) is 2. The number of benzene rings is 2. The average Bonchev–Trinajstić information content (AvgIpc) is 2.98. The molecule has 2 N–H and O–H groups in total. The van der Waals surface area contributed by atoms with Gasteiger partial charge < -0.3 is 20.3 Å². The number of alkyl halides is 3. The number of ether oxygens (including phenoxy) is 1. The summed E-state index contributed by atoms with van der Waals surface area (Å²) in [5.41, 5.74) is 2.47. The minimum Gasteiger partial charge on any atom is -0.438 e. The fourth-order valence-corrected chi connectivity index (χ4v) is 5.09. The first-order chi connectivity index (χ1) is 20.6. The summed E-state index contributed by atoms with van der Waals surface area (Å²) in [5, 5.41) is 5.30. The van der Waals surface area contributed by atoms with Crippen LogP contribution in [0.4, 0.5) is 29.3 Å². The predicted octanol–water partition coefficient (Wildman–Crippen LogP) is 7.67. The van der Waals surface area contributed by atoms with Crippen LogP contribution < -0.4 is 15.4 Å². The molecule has 0 spiro atoms. The van der Waals surface area contributed by atoms with E-state index in [1.807, 2.05) is 27.0 Å². The molecule has 3 heterocycles. The Labute approximate surface area is 248 Å². The number of urea groups is 1. The zero-order valence-corrected chi connectivity index (χ0v) is 24.2. The van der Waals surface area contributed by atoms with Crippen molar-refractivity contribution in [2.24, 2.45) is 0 Å². The second-order valence-corrected chi connectivity index (χ2v) is 10.6. The van der Waals surface area contributed by atoms with Crippen molar-refractivity contribution >= 4 is 17.4 Å². The topological polar surface area (TPSA) is 92.3 Å². The van der Waals surface area contributed by atoms with Crippen molar-refractivity contribution in [2.75, 3.05) is 30.8 Å². The Morgan fingerprint density at radius 2 is 1.77 bits per heavy atom.